The normalized spacial score (nSPS) is 14.5. The van der Waals surface area contributed by atoms with Gasteiger partial charge in [0.1, 0.15) is 6.54 Å². The molecule has 1 fully saturated rings. The lowest BCUT2D eigenvalue weighted by molar-refractivity contribution is -0.142. The Hall–Kier alpha value is -3.03. The molecule has 3 rings (SSSR count). The Morgan fingerprint density at radius 3 is 2.48 bits per heavy atom. The molecule has 2 heterocycles. The lowest BCUT2D eigenvalue weighted by Crippen LogP contribution is -2.39. The molecule has 1 aromatic carbocycles. The Balaban J connectivity index is 1.70. The summed E-state index contributed by atoms with van der Waals surface area (Å²) < 4.78 is 0. The third kappa shape index (κ3) is 2.96. The van der Waals surface area contributed by atoms with Gasteiger partial charge in [0.05, 0.1) is 17.6 Å². The second kappa shape index (κ2) is 5.99. The van der Waals surface area contributed by atoms with E-state index in [-0.39, 0.29) is 43.3 Å². The first-order valence-corrected chi connectivity index (χ1v) is 7.12. The van der Waals surface area contributed by atoms with Gasteiger partial charge in [0.15, 0.2) is 0 Å². The number of aromatic amines is 1. The van der Waals surface area contributed by atoms with E-state index >= 15 is 0 Å². The Kier molecular flexibility index (Phi) is 3.88. The summed E-state index contributed by atoms with van der Waals surface area (Å²) in [6.45, 7) is -0.203. The molecular formula is C15H14N4O4. The second-order valence-electron chi connectivity index (χ2n) is 5.20. The van der Waals surface area contributed by atoms with E-state index in [0.717, 1.165) is 4.90 Å². The summed E-state index contributed by atoms with van der Waals surface area (Å²) in [5.74, 6) is -1.12. The number of fused-ring (bicyclic) bond motifs is 1. The van der Waals surface area contributed by atoms with Gasteiger partial charge in [-0.3, -0.25) is 24.1 Å². The third-order valence-corrected chi connectivity index (χ3v) is 3.68. The highest BCUT2D eigenvalue weighted by Crippen LogP contribution is 2.13. The number of carbonyl (C=O) groups excluding carboxylic acids is 3. The van der Waals surface area contributed by atoms with Crippen molar-refractivity contribution in [2.24, 2.45) is 0 Å². The number of amides is 3. The molecule has 0 saturated carbocycles. The lowest BCUT2D eigenvalue weighted by atomic mass is 10.1. The topological polar surface area (TPSA) is 112 Å². The van der Waals surface area contributed by atoms with Crippen LogP contribution in [-0.2, 0) is 20.9 Å². The number of hydrogen-bond donors (Lipinski definition) is 2. The number of H-pyrrole nitrogens is 1. The van der Waals surface area contributed by atoms with Crippen LogP contribution in [0.3, 0.4) is 0 Å². The monoisotopic (exact) mass is 314 g/mol. The van der Waals surface area contributed by atoms with Crippen LogP contribution in [0.4, 0.5) is 0 Å². The first kappa shape index (κ1) is 14.9. The molecule has 2 N–H and O–H groups in total. The molecule has 8 heteroatoms. The van der Waals surface area contributed by atoms with Crippen LogP contribution in [0.15, 0.2) is 29.1 Å². The molecule has 8 nitrogen and oxygen atoms in total. The minimum Gasteiger partial charge on any atom is -0.349 e. The van der Waals surface area contributed by atoms with Crippen LogP contribution in [0, 0.1) is 0 Å². The molecule has 1 aromatic heterocycles. The number of hydrogen-bond acceptors (Lipinski definition) is 5. The van der Waals surface area contributed by atoms with E-state index in [2.05, 4.69) is 15.5 Å². The Labute approximate surface area is 130 Å². The summed E-state index contributed by atoms with van der Waals surface area (Å²) in [6.07, 6.45) is 0.302. The fourth-order valence-electron chi connectivity index (χ4n) is 2.49. The molecule has 0 aliphatic carbocycles. The number of aromatic nitrogens is 2. The van der Waals surface area contributed by atoms with Gasteiger partial charge in [-0.15, -0.1) is 0 Å². The quantitative estimate of drug-likeness (QED) is 0.752. The SMILES string of the molecule is O=C(CN1C(=O)CCC1=O)NCc1n[nH]c(=O)c2ccccc12. The summed E-state index contributed by atoms with van der Waals surface area (Å²) in [4.78, 5) is 47.5. The average molecular weight is 314 g/mol. The molecule has 0 bridgehead atoms. The molecule has 0 spiro atoms. The number of carbonyl (C=O) groups is 3. The van der Waals surface area contributed by atoms with Crippen molar-refractivity contribution in [3.63, 3.8) is 0 Å². The third-order valence-electron chi connectivity index (χ3n) is 3.68. The Bertz CT molecular complexity index is 842. The molecule has 118 valence electrons. The summed E-state index contributed by atoms with van der Waals surface area (Å²) in [5.41, 5.74) is 0.205. The summed E-state index contributed by atoms with van der Waals surface area (Å²) in [6, 6.07) is 6.93. The van der Waals surface area contributed by atoms with Gasteiger partial charge in [0, 0.05) is 18.2 Å². The van der Waals surface area contributed by atoms with Crippen molar-refractivity contribution in [3.05, 3.63) is 40.3 Å². The van der Waals surface area contributed by atoms with E-state index < -0.39 is 5.91 Å². The summed E-state index contributed by atoms with van der Waals surface area (Å²) >= 11 is 0. The molecule has 0 atom stereocenters. The van der Waals surface area contributed by atoms with Gasteiger partial charge in [-0.25, -0.2) is 5.10 Å². The highest BCUT2D eigenvalue weighted by Gasteiger charge is 2.30. The van der Waals surface area contributed by atoms with Crippen molar-refractivity contribution in [1.29, 1.82) is 0 Å². The highest BCUT2D eigenvalue weighted by molar-refractivity contribution is 6.04. The van der Waals surface area contributed by atoms with Crippen molar-refractivity contribution in [1.82, 2.24) is 20.4 Å². The van der Waals surface area contributed by atoms with Gasteiger partial charge in [0.25, 0.3) is 5.56 Å². The van der Waals surface area contributed by atoms with Crippen molar-refractivity contribution in [2.45, 2.75) is 19.4 Å². The minimum absolute atomic E-state index is 0.0896. The van der Waals surface area contributed by atoms with Gasteiger partial charge >= 0.3 is 0 Å². The van der Waals surface area contributed by atoms with E-state index in [9.17, 15) is 19.2 Å². The first-order valence-electron chi connectivity index (χ1n) is 7.12. The van der Waals surface area contributed by atoms with Crippen molar-refractivity contribution < 1.29 is 14.4 Å². The van der Waals surface area contributed by atoms with Crippen molar-refractivity contribution >= 4 is 28.5 Å². The predicted molar refractivity (Wildman–Crippen MR) is 80.2 cm³/mol. The largest absolute Gasteiger partial charge is 0.349 e. The Morgan fingerprint density at radius 2 is 1.78 bits per heavy atom. The fraction of sp³-hybridized carbons (Fsp3) is 0.267. The van der Waals surface area contributed by atoms with Gasteiger partial charge in [-0.1, -0.05) is 18.2 Å². The maximum absolute atomic E-state index is 11.9. The summed E-state index contributed by atoms with van der Waals surface area (Å²) in [5, 5.41) is 10.1. The van der Waals surface area contributed by atoms with Gasteiger partial charge in [-0.05, 0) is 6.07 Å². The number of benzene rings is 1. The molecule has 1 saturated heterocycles. The zero-order chi connectivity index (χ0) is 16.4. The number of rotatable bonds is 4. The van der Waals surface area contributed by atoms with E-state index in [0.29, 0.717) is 16.5 Å². The van der Waals surface area contributed by atoms with Crippen LogP contribution >= 0.6 is 0 Å². The zero-order valence-corrected chi connectivity index (χ0v) is 12.2. The standard InChI is InChI=1S/C15H14N4O4/c20-12(8-19-13(21)5-6-14(19)22)16-7-11-9-3-1-2-4-10(9)15(23)18-17-11/h1-4H,5-8H2,(H,16,20)(H,18,23). The van der Waals surface area contributed by atoms with Crippen LogP contribution in [0.2, 0.25) is 0 Å². The summed E-state index contributed by atoms with van der Waals surface area (Å²) in [7, 11) is 0. The maximum atomic E-state index is 11.9. The van der Waals surface area contributed by atoms with E-state index in [1.165, 1.54) is 0 Å². The van der Waals surface area contributed by atoms with E-state index in [1.807, 2.05) is 0 Å². The van der Waals surface area contributed by atoms with Crippen LogP contribution in [0.5, 0.6) is 0 Å². The average Bonchev–Trinajstić information content (AvgIpc) is 2.86. The molecule has 23 heavy (non-hydrogen) atoms. The van der Waals surface area contributed by atoms with Crippen LogP contribution < -0.4 is 10.9 Å². The molecular weight excluding hydrogens is 300 g/mol. The highest BCUT2D eigenvalue weighted by atomic mass is 16.2. The van der Waals surface area contributed by atoms with Crippen molar-refractivity contribution in [3.8, 4) is 0 Å². The molecule has 0 radical (unpaired) electrons. The molecule has 0 unspecified atom stereocenters. The number of nitrogens with one attached hydrogen (secondary N) is 2. The zero-order valence-electron chi connectivity index (χ0n) is 12.2. The molecule has 1 aliphatic rings. The van der Waals surface area contributed by atoms with Gasteiger partial charge < -0.3 is 5.32 Å². The molecule has 1 aliphatic heterocycles. The van der Waals surface area contributed by atoms with Crippen molar-refractivity contribution in [2.75, 3.05) is 6.54 Å². The lowest BCUT2D eigenvalue weighted by Gasteiger charge is -2.13. The number of likely N-dealkylation sites (tertiary alicyclic amines) is 1. The predicted octanol–water partition coefficient (Wildman–Crippen LogP) is -0.312. The van der Waals surface area contributed by atoms with Gasteiger partial charge in [0.2, 0.25) is 17.7 Å². The van der Waals surface area contributed by atoms with E-state index in [1.54, 1.807) is 24.3 Å². The van der Waals surface area contributed by atoms with Crippen LogP contribution in [-0.4, -0.2) is 39.4 Å². The van der Waals surface area contributed by atoms with Gasteiger partial charge in [-0.2, -0.15) is 5.10 Å². The Morgan fingerprint density at radius 1 is 1.13 bits per heavy atom. The fourth-order valence-corrected chi connectivity index (χ4v) is 2.49. The molecule has 3 amide bonds. The molecule has 2 aromatic rings. The number of nitrogens with zero attached hydrogens (tertiary/aromatic N) is 2. The smallest absolute Gasteiger partial charge is 0.272 e. The number of imide groups is 1. The van der Waals surface area contributed by atoms with Crippen LogP contribution in [0.25, 0.3) is 10.8 Å². The maximum Gasteiger partial charge on any atom is 0.272 e. The second-order valence-corrected chi connectivity index (χ2v) is 5.20. The minimum atomic E-state index is -0.453. The van der Waals surface area contributed by atoms with E-state index in [4.69, 9.17) is 0 Å². The first-order chi connectivity index (χ1) is 11.1. The van der Waals surface area contributed by atoms with Crippen LogP contribution in [0.1, 0.15) is 18.5 Å².